The van der Waals surface area contributed by atoms with Crippen LogP contribution in [0.1, 0.15) is 47.8 Å². The van der Waals surface area contributed by atoms with Crippen molar-refractivity contribution in [2.75, 3.05) is 33.7 Å². The van der Waals surface area contributed by atoms with E-state index in [-0.39, 0.29) is 11.3 Å². The van der Waals surface area contributed by atoms with Crippen molar-refractivity contribution in [2.24, 2.45) is 4.99 Å². The lowest BCUT2D eigenvalue weighted by molar-refractivity contribution is 0.0827. The normalized spacial score (nSPS) is 11.9. The first-order valence-electron chi connectivity index (χ1n) is 10.6. The minimum absolute atomic E-state index is 0.0260. The number of carbonyl (C=O) groups is 1. The average molecular weight is 409 g/mol. The second-order valence-electron chi connectivity index (χ2n) is 8.52. The van der Waals surface area contributed by atoms with Crippen LogP contribution in [0.15, 0.2) is 53.5 Å². The first-order chi connectivity index (χ1) is 14.2. The fraction of sp³-hybridized carbons (Fsp3) is 0.440. The molecule has 5 heteroatoms. The zero-order valence-electron chi connectivity index (χ0n) is 19.2. The average Bonchev–Trinajstić information content (AvgIpc) is 2.72. The minimum atomic E-state index is -0.0447. The number of rotatable bonds is 8. The van der Waals surface area contributed by atoms with E-state index in [1.807, 2.05) is 18.2 Å². The molecule has 30 heavy (non-hydrogen) atoms. The molecule has 0 aliphatic rings. The molecule has 0 spiro atoms. The summed E-state index contributed by atoms with van der Waals surface area (Å²) in [6.07, 6.45) is 0.820. The lowest BCUT2D eigenvalue weighted by atomic mass is 9.84. The molecule has 0 saturated carbocycles. The second kappa shape index (κ2) is 10.8. The van der Waals surface area contributed by atoms with Crippen molar-refractivity contribution in [1.82, 2.24) is 15.5 Å². The summed E-state index contributed by atoms with van der Waals surface area (Å²) in [4.78, 5) is 18.6. The van der Waals surface area contributed by atoms with Crippen LogP contribution >= 0.6 is 0 Å². The Morgan fingerprint density at radius 2 is 1.77 bits per heavy atom. The highest BCUT2D eigenvalue weighted by Gasteiger charge is 2.20. The molecule has 5 nitrogen and oxygen atoms in total. The van der Waals surface area contributed by atoms with Crippen molar-refractivity contribution in [3.8, 4) is 0 Å². The molecule has 0 fully saturated rings. The number of aryl methyl sites for hydroxylation is 1. The monoisotopic (exact) mass is 408 g/mol. The number of benzene rings is 2. The molecule has 2 aromatic rings. The van der Waals surface area contributed by atoms with Crippen LogP contribution in [-0.4, -0.2) is 50.5 Å². The second-order valence-corrected chi connectivity index (χ2v) is 8.52. The molecule has 0 bridgehead atoms. The zero-order chi connectivity index (χ0) is 22.1. The van der Waals surface area contributed by atoms with Crippen molar-refractivity contribution in [1.29, 1.82) is 0 Å². The number of aliphatic imine (C=N–C) groups is 1. The van der Waals surface area contributed by atoms with E-state index in [0.717, 1.165) is 36.6 Å². The predicted octanol–water partition coefficient (Wildman–Crippen LogP) is 3.77. The van der Waals surface area contributed by atoms with Crippen molar-refractivity contribution < 1.29 is 4.79 Å². The molecule has 2 aromatic carbocycles. The number of nitrogens with one attached hydrogen (secondary N) is 2. The van der Waals surface area contributed by atoms with E-state index in [2.05, 4.69) is 68.7 Å². The van der Waals surface area contributed by atoms with Crippen molar-refractivity contribution in [3.63, 3.8) is 0 Å². The summed E-state index contributed by atoms with van der Waals surface area (Å²) in [6, 6.07) is 16.5. The van der Waals surface area contributed by atoms with Gasteiger partial charge in [-0.05, 0) is 43.5 Å². The fourth-order valence-electron chi connectivity index (χ4n) is 3.16. The Labute approximate surface area is 181 Å². The fourth-order valence-corrected chi connectivity index (χ4v) is 3.16. The Morgan fingerprint density at radius 1 is 1.07 bits per heavy atom. The molecule has 0 atom stereocenters. The third-order valence-corrected chi connectivity index (χ3v) is 5.10. The summed E-state index contributed by atoms with van der Waals surface area (Å²) in [5, 5.41) is 6.74. The first kappa shape index (κ1) is 23.5. The molecular formula is C25H36N4O. The van der Waals surface area contributed by atoms with E-state index in [0.29, 0.717) is 6.54 Å². The van der Waals surface area contributed by atoms with Gasteiger partial charge >= 0.3 is 0 Å². The van der Waals surface area contributed by atoms with E-state index in [1.54, 1.807) is 19.0 Å². The lowest BCUT2D eigenvalue weighted by Gasteiger charge is -2.24. The molecule has 2 rings (SSSR count). The molecule has 2 N–H and O–H groups in total. The van der Waals surface area contributed by atoms with Gasteiger partial charge in [0.15, 0.2) is 5.96 Å². The number of amides is 1. The van der Waals surface area contributed by atoms with Crippen LogP contribution < -0.4 is 10.6 Å². The standard InChI is InChI=1S/C25H36N4O/c1-7-26-24(28-18-25(3,4)22-13-11-19(2)12-14-22)27-16-15-20-9-8-10-21(17-20)23(30)29(5)6/h8-14,17H,7,15-16,18H2,1-6H3,(H2,26,27,28). The maximum Gasteiger partial charge on any atom is 0.253 e. The van der Waals surface area contributed by atoms with Crippen LogP contribution in [-0.2, 0) is 11.8 Å². The maximum atomic E-state index is 12.2. The maximum absolute atomic E-state index is 12.2. The SMILES string of the molecule is CCNC(=NCC(C)(C)c1ccc(C)cc1)NCCc1cccc(C(=O)N(C)C)c1. The largest absolute Gasteiger partial charge is 0.357 e. The smallest absolute Gasteiger partial charge is 0.253 e. The van der Waals surface area contributed by atoms with Crippen molar-refractivity contribution in [2.45, 2.75) is 39.5 Å². The summed E-state index contributed by atoms with van der Waals surface area (Å²) < 4.78 is 0. The lowest BCUT2D eigenvalue weighted by Crippen LogP contribution is -2.39. The quantitative estimate of drug-likeness (QED) is 0.516. The molecule has 0 aromatic heterocycles. The Bertz CT molecular complexity index is 854. The molecule has 0 saturated heterocycles. The number of guanidine groups is 1. The topological polar surface area (TPSA) is 56.7 Å². The van der Waals surface area contributed by atoms with Gasteiger partial charge in [-0.2, -0.15) is 0 Å². The highest BCUT2D eigenvalue weighted by molar-refractivity contribution is 5.94. The van der Waals surface area contributed by atoms with Crippen LogP contribution in [0.3, 0.4) is 0 Å². The van der Waals surface area contributed by atoms with Gasteiger partial charge < -0.3 is 15.5 Å². The van der Waals surface area contributed by atoms with Crippen LogP contribution in [0.2, 0.25) is 0 Å². The van der Waals surface area contributed by atoms with Crippen LogP contribution in [0, 0.1) is 6.92 Å². The number of hydrogen-bond donors (Lipinski definition) is 2. The third-order valence-electron chi connectivity index (χ3n) is 5.10. The first-order valence-corrected chi connectivity index (χ1v) is 10.6. The van der Waals surface area contributed by atoms with E-state index in [4.69, 9.17) is 4.99 Å². The Kier molecular flexibility index (Phi) is 8.46. The van der Waals surface area contributed by atoms with Crippen molar-refractivity contribution >= 4 is 11.9 Å². The number of hydrogen-bond acceptors (Lipinski definition) is 2. The van der Waals surface area contributed by atoms with Gasteiger partial charge in [0.1, 0.15) is 0 Å². The Morgan fingerprint density at radius 3 is 2.40 bits per heavy atom. The summed E-state index contributed by atoms with van der Waals surface area (Å²) in [6.45, 7) is 10.9. The summed E-state index contributed by atoms with van der Waals surface area (Å²) in [5.74, 6) is 0.844. The predicted molar refractivity (Wildman–Crippen MR) is 126 cm³/mol. The Hall–Kier alpha value is -2.82. The molecule has 1 amide bonds. The highest BCUT2D eigenvalue weighted by Crippen LogP contribution is 2.23. The molecule has 0 heterocycles. The molecule has 0 aliphatic carbocycles. The van der Waals surface area contributed by atoms with Gasteiger partial charge in [-0.1, -0.05) is 55.8 Å². The summed E-state index contributed by atoms with van der Waals surface area (Å²) in [5.41, 5.74) is 4.36. The van der Waals surface area contributed by atoms with E-state index >= 15 is 0 Å². The number of nitrogens with zero attached hydrogens (tertiary/aromatic N) is 2. The highest BCUT2D eigenvalue weighted by atomic mass is 16.2. The van der Waals surface area contributed by atoms with E-state index in [1.165, 1.54) is 11.1 Å². The zero-order valence-corrected chi connectivity index (χ0v) is 19.2. The van der Waals surface area contributed by atoms with Gasteiger partial charge in [-0.15, -0.1) is 0 Å². The van der Waals surface area contributed by atoms with Crippen LogP contribution in [0.25, 0.3) is 0 Å². The summed E-state index contributed by atoms with van der Waals surface area (Å²) in [7, 11) is 3.54. The molecule has 162 valence electrons. The van der Waals surface area contributed by atoms with Gasteiger partial charge in [0.05, 0.1) is 6.54 Å². The van der Waals surface area contributed by atoms with Gasteiger partial charge in [0.25, 0.3) is 5.91 Å². The minimum Gasteiger partial charge on any atom is -0.357 e. The van der Waals surface area contributed by atoms with Crippen LogP contribution in [0.4, 0.5) is 0 Å². The van der Waals surface area contributed by atoms with Crippen molar-refractivity contribution in [3.05, 3.63) is 70.8 Å². The molecule has 0 unspecified atom stereocenters. The Balaban J connectivity index is 1.98. The summed E-state index contributed by atoms with van der Waals surface area (Å²) >= 11 is 0. The van der Waals surface area contributed by atoms with E-state index < -0.39 is 0 Å². The number of carbonyl (C=O) groups excluding carboxylic acids is 1. The van der Waals surface area contributed by atoms with E-state index in [9.17, 15) is 4.79 Å². The third kappa shape index (κ3) is 6.90. The molecular weight excluding hydrogens is 372 g/mol. The molecule has 0 aliphatic heterocycles. The van der Waals surface area contributed by atoms with Crippen LogP contribution in [0.5, 0.6) is 0 Å². The van der Waals surface area contributed by atoms with Gasteiger partial charge in [-0.25, -0.2) is 0 Å². The molecule has 0 radical (unpaired) electrons. The van der Waals surface area contributed by atoms with Gasteiger partial charge in [-0.3, -0.25) is 9.79 Å². The van der Waals surface area contributed by atoms with Gasteiger partial charge in [0.2, 0.25) is 0 Å². The van der Waals surface area contributed by atoms with Gasteiger partial charge in [0, 0.05) is 38.2 Å².